The summed E-state index contributed by atoms with van der Waals surface area (Å²) in [5, 5.41) is 6.86. The van der Waals surface area contributed by atoms with Crippen LogP contribution in [0.2, 0.25) is 0 Å². The van der Waals surface area contributed by atoms with Crippen molar-refractivity contribution in [1.82, 2.24) is 10.3 Å². The second-order valence-corrected chi connectivity index (χ2v) is 5.78. The fourth-order valence-electron chi connectivity index (χ4n) is 2.28. The Bertz CT molecular complexity index is 412. The van der Waals surface area contributed by atoms with Crippen LogP contribution in [0, 0.1) is 0 Å². The molecule has 106 valence electrons. The largest absolute Gasteiger partial charge is 0.372 e. The highest BCUT2D eigenvalue weighted by Crippen LogP contribution is 2.31. The van der Waals surface area contributed by atoms with Crippen molar-refractivity contribution in [2.24, 2.45) is 0 Å². The SMILES string of the molecule is CCC(OC)C(=O)Nc1ncc(C2CCNCC2)s1. The van der Waals surface area contributed by atoms with Crippen molar-refractivity contribution in [2.75, 3.05) is 25.5 Å². The first-order valence-corrected chi connectivity index (χ1v) is 7.56. The van der Waals surface area contributed by atoms with Crippen molar-refractivity contribution in [1.29, 1.82) is 0 Å². The molecule has 1 aliphatic heterocycles. The average molecular weight is 283 g/mol. The molecule has 1 aromatic heterocycles. The molecule has 0 aromatic carbocycles. The highest BCUT2D eigenvalue weighted by atomic mass is 32.1. The Balaban J connectivity index is 1.95. The Morgan fingerprint density at radius 3 is 3.00 bits per heavy atom. The lowest BCUT2D eigenvalue weighted by Gasteiger charge is -2.20. The highest BCUT2D eigenvalue weighted by molar-refractivity contribution is 7.15. The first-order valence-electron chi connectivity index (χ1n) is 6.74. The average Bonchev–Trinajstić information content (AvgIpc) is 2.89. The van der Waals surface area contributed by atoms with Crippen molar-refractivity contribution >= 4 is 22.4 Å². The summed E-state index contributed by atoms with van der Waals surface area (Å²) in [6, 6.07) is 0. The number of nitrogens with one attached hydrogen (secondary N) is 2. The van der Waals surface area contributed by atoms with E-state index in [0.29, 0.717) is 17.5 Å². The molecule has 2 N–H and O–H groups in total. The quantitative estimate of drug-likeness (QED) is 0.867. The maximum Gasteiger partial charge on any atom is 0.255 e. The Kier molecular flexibility index (Phi) is 5.30. The van der Waals surface area contributed by atoms with Gasteiger partial charge in [-0.25, -0.2) is 4.98 Å². The van der Waals surface area contributed by atoms with Gasteiger partial charge in [0.2, 0.25) is 0 Å². The van der Waals surface area contributed by atoms with Crippen LogP contribution in [0.25, 0.3) is 0 Å². The third kappa shape index (κ3) is 3.75. The molecule has 0 radical (unpaired) electrons. The number of amides is 1. The molecular weight excluding hydrogens is 262 g/mol. The first kappa shape index (κ1) is 14.4. The Hall–Kier alpha value is -0.980. The van der Waals surface area contributed by atoms with Gasteiger partial charge in [-0.2, -0.15) is 0 Å². The van der Waals surface area contributed by atoms with E-state index in [4.69, 9.17) is 4.74 Å². The smallest absolute Gasteiger partial charge is 0.255 e. The van der Waals surface area contributed by atoms with Crippen LogP contribution < -0.4 is 10.6 Å². The summed E-state index contributed by atoms with van der Waals surface area (Å²) in [7, 11) is 1.55. The third-order valence-electron chi connectivity index (χ3n) is 3.44. The van der Waals surface area contributed by atoms with Gasteiger partial charge in [0.15, 0.2) is 5.13 Å². The topological polar surface area (TPSA) is 63.2 Å². The van der Waals surface area contributed by atoms with Crippen LogP contribution in [0.5, 0.6) is 0 Å². The maximum absolute atomic E-state index is 11.9. The summed E-state index contributed by atoms with van der Waals surface area (Å²) in [4.78, 5) is 17.4. The van der Waals surface area contributed by atoms with Crippen molar-refractivity contribution in [3.05, 3.63) is 11.1 Å². The van der Waals surface area contributed by atoms with E-state index in [0.717, 1.165) is 25.9 Å². The Labute approximate surface area is 117 Å². The molecule has 1 atom stereocenters. The van der Waals surface area contributed by atoms with Gasteiger partial charge in [-0.05, 0) is 38.3 Å². The van der Waals surface area contributed by atoms with Gasteiger partial charge in [0, 0.05) is 18.2 Å². The summed E-state index contributed by atoms with van der Waals surface area (Å²) in [6.45, 7) is 4.05. The summed E-state index contributed by atoms with van der Waals surface area (Å²) < 4.78 is 5.11. The zero-order chi connectivity index (χ0) is 13.7. The lowest BCUT2D eigenvalue weighted by atomic mass is 9.97. The summed E-state index contributed by atoms with van der Waals surface area (Å²) in [5.41, 5.74) is 0. The number of piperidine rings is 1. The van der Waals surface area contributed by atoms with Crippen molar-refractivity contribution in [2.45, 2.75) is 38.2 Å². The molecule has 0 bridgehead atoms. The fourth-order valence-corrected chi connectivity index (χ4v) is 3.27. The normalized spacial score (nSPS) is 18.2. The van der Waals surface area contributed by atoms with Gasteiger partial charge >= 0.3 is 0 Å². The van der Waals surface area contributed by atoms with Gasteiger partial charge in [0.05, 0.1) is 0 Å². The molecule has 2 heterocycles. The second-order valence-electron chi connectivity index (χ2n) is 4.71. The lowest BCUT2D eigenvalue weighted by molar-refractivity contribution is -0.125. The molecular formula is C13H21N3O2S. The number of anilines is 1. The van der Waals surface area contributed by atoms with Gasteiger partial charge in [-0.15, -0.1) is 11.3 Å². The van der Waals surface area contributed by atoms with Gasteiger partial charge in [0.1, 0.15) is 6.10 Å². The summed E-state index contributed by atoms with van der Waals surface area (Å²) in [5.74, 6) is 0.463. The monoisotopic (exact) mass is 283 g/mol. The van der Waals surface area contributed by atoms with E-state index in [1.807, 2.05) is 13.1 Å². The Morgan fingerprint density at radius 1 is 1.63 bits per heavy atom. The van der Waals surface area contributed by atoms with Crippen LogP contribution in [0.4, 0.5) is 5.13 Å². The second kappa shape index (κ2) is 6.98. The predicted octanol–water partition coefficient (Wildman–Crippen LogP) is 1.97. The first-order chi connectivity index (χ1) is 9.24. The minimum absolute atomic E-state index is 0.115. The number of aromatic nitrogens is 1. The van der Waals surface area contributed by atoms with Crippen molar-refractivity contribution in [3.63, 3.8) is 0 Å². The van der Waals surface area contributed by atoms with E-state index < -0.39 is 6.10 Å². The molecule has 0 saturated carbocycles. The Morgan fingerprint density at radius 2 is 2.37 bits per heavy atom. The molecule has 1 amide bonds. The predicted molar refractivity (Wildman–Crippen MR) is 76.7 cm³/mol. The van der Waals surface area contributed by atoms with Gasteiger partial charge < -0.3 is 10.1 Å². The molecule has 19 heavy (non-hydrogen) atoms. The molecule has 1 fully saturated rings. The fraction of sp³-hybridized carbons (Fsp3) is 0.692. The number of hydrogen-bond donors (Lipinski definition) is 2. The number of methoxy groups -OCH3 is 1. The molecule has 1 saturated heterocycles. The van der Waals surface area contributed by atoms with Gasteiger partial charge in [-0.3, -0.25) is 10.1 Å². The van der Waals surface area contributed by atoms with Crippen LogP contribution in [-0.2, 0) is 9.53 Å². The van der Waals surface area contributed by atoms with Gasteiger partial charge in [0.25, 0.3) is 5.91 Å². The third-order valence-corrected chi connectivity index (χ3v) is 4.52. The molecule has 1 unspecified atom stereocenters. The summed E-state index contributed by atoms with van der Waals surface area (Å²) in [6.07, 6.45) is 4.45. The zero-order valence-electron chi connectivity index (χ0n) is 11.4. The minimum Gasteiger partial charge on any atom is -0.372 e. The number of carbonyl (C=O) groups excluding carboxylic acids is 1. The number of hydrogen-bond acceptors (Lipinski definition) is 5. The van der Waals surface area contributed by atoms with E-state index in [1.54, 1.807) is 18.4 Å². The molecule has 2 rings (SSSR count). The molecule has 1 aromatic rings. The number of thiazole rings is 1. The highest BCUT2D eigenvalue weighted by Gasteiger charge is 2.20. The van der Waals surface area contributed by atoms with E-state index >= 15 is 0 Å². The summed E-state index contributed by atoms with van der Waals surface area (Å²) >= 11 is 1.58. The number of nitrogens with zero attached hydrogens (tertiary/aromatic N) is 1. The van der Waals surface area contributed by atoms with E-state index in [9.17, 15) is 4.79 Å². The van der Waals surface area contributed by atoms with Crippen LogP contribution in [0.3, 0.4) is 0 Å². The molecule has 0 aliphatic carbocycles. The number of ether oxygens (including phenoxy) is 1. The molecule has 5 nitrogen and oxygen atoms in total. The van der Waals surface area contributed by atoms with Crippen LogP contribution >= 0.6 is 11.3 Å². The van der Waals surface area contributed by atoms with Crippen LogP contribution in [-0.4, -0.2) is 37.2 Å². The standard InChI is InChI=1S/C13H21N3O2S/c1-3-10(18-2)12(17)16-13-15-8-11(19-13)9-4-6-14-7-5-9/h8-10,14H,3-7H2,1-2H3,(H,15,16,17). The zero-order valence-corrected chi connectivity index (χ0v) is 12.3. The maximum atomic E-state index is 11.9. The van der Waals surface area contributed by atoms with E-state index in [2.05, 4.69) is 15.6 Å². The number of carbonyl (C=O) groups is 1. The van der Waals surface area contributed by atoms with Crippen LogP contribution in [0.1, 0.15) is 37.0 Å². The number of rotatable bonds is 5. The van der Waals surface area contributed by atoms with E-state index in [-0.39, 0.29) is 5.91 Å². The van der Waals surface area contributed by atoms with Crippen molar-refractivity contribution in [3.8, 4) is 0 Å². The van der Waals surface area contributed by atoms with E-state index in [1.165, 1.54) is 4.88 Å². The molecule has 0 spiro atoms. The van der Waals surface area contributed by atoms with Crippen LogP contribution in [0.15, 0.2) is 6.20 Å². The minimum atomic E-state index is -0.397. The van der Waals surface area contributed by atoms with Gasteiger partial charge in [-0.1, -0.05) is 6.92 Å². The molecule has 6 heteroatoms. The van der Waals surface area contributed by atoms with Crippen molar-refractivity contribution < 1.29 is 9.53 Å². The lowest BCUT2D eigenvalue weighted by Crippen LogP contribution is -2.28. The molecule has 1 aliphatic rings.